The Morgan fingerprint density at radius 3 is 2.42 bits per heavy atom. The topological polar surface area (TPSA) is 158 Å². The summed E-state index contributed by atoms with van der Waals surface area (Å²) in [6.45, 7) is 2.41. The molecule has 0 heterocycles. The molecule has 1 aliphatic carbocycles. The Bertz CT molecular complexity index is 1550. The monoisotopic (exact) mass is 595 g/mol. The van der Waals surface area contributed by atoms with Gasteiger partial charge in [0.05, 0.1) is 18.7 Å². The number of carbonyl (C=O) groups is 1. The molecule has 0 saturated heterocycles. The fourth-order valence-electron chi connectivity index (χ4n) is 4.78. The highest BCUT2D eigenvalue weighted by Gasteiger charge is 2.19. The van der Waals surface area contributed by atoms with Crippen molar-refractivity contribution in [2.75, 3.05) is 11.4 Å². The maximum Gasteiger partial charge on any atom is 0.280 e. The molecule has 3 aromatic rings. The number of nitrogens with one attached hydrogen (secondary N) is 1. The molecule has 5 N–H and O–H groups in total. The van der Waals surface area contributed by atoms with Crippen molar-refractivity contribution in [3.05, 3.63) is 106 Å². The number of amides is 1. The number of hydrogen-bond acceptors (Lipinski definition) is 4. The molecule has 0 aliphatic heterocycles. The summed E-state index contributed by atoms with van der Waals surface area (Å²) in [6, 6.07) is 25.0. The number of nitrogens with two attached hydrogens (primary N) is 2. The fraction of sp³-hybridized carbons (Fsp3) is 0.250. The third-order valence-electron chi connectivity index (χ3n) is 7.03. The highest BCUT2D eigenvalue weighted by Crippen LogP contribution is 2.29. The Labute approximate surface area is 256 Å². The maximum absolute atomic E-state index is 12.5. The zero-order chi connectivity index (χ0) is 30.6. The van der Waals surface area contributed by atoms with E-state index >= 15 is 0 Å². The molecular formula is C32H34ClN9O. The minimum Gasteiger partial charge on any atom is -0.366 e. The Hall–Kier alpha value is -5.01. The molecule has 220 valence electrons. The van der Waals surface area contributed by atoms with Gasteiger partial charge < -0.3 is 21.8 Å². The van der Waals surface area contributed by atoms with Crippen LogP contribution in [0.25, 0.3) is 5.57 Å². The second-order valence-electron chi connectivity index (χ2n) is 10.0. The lowest BCUT2D eigenvalue weighted by Crippen LogP contribution is -2.42. The first-order valence-electron chi connectivity index (χ1n) is 14.0. The zero-order valence-electron chi connectivity index (χ0n) is 23.9. The van der Waals surface area contributed by atoms with Crippen molar-refractivity contribution in [2.24, 2.45) is 31.9 Å². The van der Waals surface area contributed by atoms with Crippen LogP contribution in [0.4, 0.5) is 5.69 Å². The van der Waals surface area contributed by atoms with Crippen molar-refractivity contribution >= 4 is 40.7 Å². The number of nitrogens with zero attached hydrogens (tertiary/aromatic N) is 6. The summed E-state index contributed by atoms with van der Waals surface area (Å²) in [5.41, 5.74) is 11.3. The van der Waals surface area contributed by atoms with E-state index in [4.69, 9.17) is 23.2 Å². The number of aliphatic imine (C=N–C) groups is 2. The average Bonchev–Trinajstić information content (AvgIpc) is 3.03. The maximum atomic E-state index is 12.5. The van der Waals surface area contributed by atoms with E-state index in [1.54, 1.807) is 12.1 Å². The molecule has 10 nitrogen and oxygen atoms in total. The summed E-state index contributed by atoms with van der Waals surface area (Å²) < 4.78 is 0. The number of anilines is 1. The van der Waals surface area contributed by atoms with Crippen LogP contribution < -0.4 is 21.8 Å². The number of allylic oxidation sites excluding steroid dienone is 2. The van der Waals surface area contributed by atoms with Gasteiger partial charge in [0.25, 0.3) is 5.91 Å². The van der Waals surface area contributed by atoms with Crippen LogP contribution in [-0.4, -0.2) is 24.4 Å². The molecule has 43 heavy (non-hydrogen) atoms. The van der Waals surface area contributed by atoms with Gasteiger partial charge in [0, 0.05) is 16.3 Å². The molecule has 1 amide bonds. The van der Waals surface area contributed by atoms with E-state index in [2.05, 4.69) is 62.0 Å². The number of hydrogen-bond donors (Lipinski definition) is 3. The van der Waals surface area contributed by atoms with Crippen LogP contribution in [0.5, 0.6) is 0 Å². The molecule has 1 unspecified atom stereocenters. The van der Waals surface area contributed by atoms with Crippen LogP contribution in [0.2, 0.25) is 5.02 Å². The molecule has 4 rings (SSSR count). The van der Waals surface area contributed by atoms with Gasteiger partial charge in [-0.2, -0.15) is 10.3 Å². The minimum atomic E-state index is -0.560. The lowest BCUT2D eigenvalue weighted by Gasteiger charge is -2.30. The molecule has 1 atom stereocenters. The normalized spacial score (nSPS) is 14.6. The Morgan fingerprint density at radius 2 is 1.79 bits per heavy atom. The molecule has 0 saturated carbocycles. The van der Waals surface area contributed by atoms with E-state index < -0.39 is 5.91 Å². The molecule has 0 radical (unpaired) electrons. The van der Waals surface area contributed by atoms with E-state index in [0.29, 0.717) is 23.1 Å². The van der Waals surface area contributed by atoms with Crippen LogP contribution >= 0.6 is 11.6 Å². The predicted molar refractivity (Wildman–Crippen MR) is 171 cm³/mol. The van der Waals surface area contributed by atoms with Crippen LogP contribution in [0, 0.1) is 11.3 Å². The molecule has 0 bridgehead atoms. The highest BCUT2D eigenvalue weighted by atomic mass is 35.5. The first kappa shape index (κ1) is 30.9. The van der Waals surface area contributed by atoms with Gasteiger partial charge in [0.15, 0.2) is 5.96 Å². The zero-order valence-corrected chi connectivity index (χ0v) is 24.7. The van der Waals surface area contributed by atoms with E-state index in [1.165, 1.54) is 24.0 Å². The SMILES string of the molecule is CC(NC(=NCC#N)N(Cc1ccc(C(=O)N=C(N)/N=N\N)cc1)c1ccc(C2=CCCCC2)cc1)c1ccc(Cl)cc1. The number of guanidine groups is 2. The van der Waals surface area contributed by atoms with Crippen molar-refractivity contribution in [1.82, 2.24) is 5.32 Å². The summed E-state index contributed by atoms with van der Waals surface area (Å²) in [4.78, 5) is 22.8. The molecule has 0 aromatic heterocycles. The number of benzene rings is 3. The van der Waals surface area contributed by atoms with E-state index in [9.17, 15) is 10.1 Å². The summed E-state index contributed by atoms with van der Waals surface area (Å²) in [6.07, 6.45) is 6.94. The summed E-state index contributed by atoms with van der Waals surface area (Å²) in [5, 5.41) is 20.0. The van der Waals surface area contributed by atoms with Gasteiger partial charge in [-0.1, -0.05) is 64.4 Å². The van der Waals surface area contributed by atoms with E-state index in [0.717, 1.165) is 29.7 Å². The van der Waals surface area contributed by atoms with Crippen molar-refractivity contribution in [2.45, 2.75) is 45.2 Å². The van der Waals surface area contributed by atoms with Gasteiger partial charge in [0.1, 0.15) is 6.54 Å². The van der Waals surface area contributed by atoms with E-state index in [-0.39, 0.29) is 18.5 Å². The largest absolute Gasteiger partial charge is 0.366 e. The lowest BCUT2D eigenvalue weighted by molar-refractivity contribution is 0.100. The van der Waals surface area contributed by atoms with Crippen molar-refractivity contribution in [1.29, 1.82) is 5.26 Å². The molecule has 1 aliphatic rings. The molecule has 3 aromatic carbocycles. The summed E-state index contributed by atoms with van der Waals surface area (Å²) >= 11 is 6.11. The van der Waals surface area contributed by atoms with Crippen molar-refractivity contribution in [3.8, 4) is 6.07 Å². The highest BCUT2D eigenvalue weighted by molar-refractivity contribution is 6.30. The van der Waals surface area contributed by atoms with Gasteiger partial charge in [-0.05, 0) is 91.3 Å². The molecular weight excluding hydrogens is 562 g/mol. The number of rotatable bonds is 8. The summed E-state index contributed by atoms with van der Waals surface area (Å²) in [5.74, 6) is 4.62. The third-order valence-corrected chi connectivity index (χ3v) is 7.28. The minimum absolute atomic E-state index is 0.0237. The van der Waals surface area contributed by atoms with Gasteiger partial charge in [0.2, 0.25) is 5.96 Å². The van der Waals surface area contributed by atoms with Crippen LogP contribution in [0.3, 0.4) is 0 Å². The third kappa shape index (κ3) is 8.74. The van der Waals surface area contributed by atoms with Crippen molar-refractivity contribution in [3.63, 3.8) is 0 Å². The van der Waals surface area contributed by atoms with Crippen molar-refractivity contribution < 1.29 is 4.79 Å². The van der Waals surface area contributed by atoms with Crippen LogP contribution in [0.15, 0.2) is 99.2 Å². The number of carbonyl (C=O) groups excluding carboxylic acids is 1. The number of halogens is 1. The second-order valence-corrected chi connectivity index (χ2v) is 10.4. The second kappa shape index (κ2) is 15.3. The van der Waals surface area contributed by atoms with Crippen LogP contribution in [-0.2, 0) is 6.54 Å². The predicted octanol–water partition coefficient (Wildman–Crippen LogP) is 6.32. The Kier molecular flexibility index (Phi) is 11.0. The molecule has 0 spiro atoms. The Morgan fingerprint density at radius 1 is 1.07 bits per heavy atom. The average molecular weight is 596 g/mol. The standard InChI is InChI=1S/C32H34ClN9O/c1-22(24-11-15-28(33)16-12-24)38-32(37-20-19-34)42(29-17-13-26(14-18-29)25-5-3-2-4-6-25)21-23-7-9-27(10-8-23)30(43)39-31(35)40-41-36/h5,7-18,22H,2-4,6,20-21H2,1H3,(H,37,38)(H4,35,36,39,40,43). The first-order chi connectivity index (χ1) is 20.9. The van der Waals surface area contributed by atoms with Gasteiger partial charge in [-0.3, -0.25) is 4.79 Å². The molecule has 0 fully saturated rings. The van der Waals surface area contributed by atoms with Gasteiger partial charge in [-0.25, -0.2) is 4.99 Å². The first-order valence-corrected chi connectivity index (χ1v) is 14.3. The summed E-state index contributed by atoms with van der Waals surface area (Å²) in [7, 11) is 0. The fourth-order valence-corrected chi connectivity index (χ4v) is 4.90. The van der Waals surface area contributed by atoms with Crippen LogP contribution in [0.1, 0.15) is 65.7 Å². The Balaban J connectivity index is 1.66. The smallest absolute Gasteiger partial charge is 0.280 e. The van der Waals surface area contributed by atoms with E-state index in [1.807, 2.05) is 48.2 Å². The quantitative estimate of drug-likeness (QED) is 0.0690. The van der Waals surface area contributed by atoms with Gasteiger partial charge >= 0.3 is 0 Å². The molecule has 11 heteroatoms. The lowest BCUT2D eigenvalue weighted by atomic mass is 9.93. The van der Waals surface area contributed by atoms with Gasteiger partial charge in [-0.15, -0.1) is 0 Å². The number of nitriles is 1.